The number of carboxylic acids is 2. The minimum absolute atomic E-state index is 0.239. The van der Waals surface area contributed by atoms with Gasteiger partial charge in [0, 0.05) is 18.1 Å². The highest BCUT2D eigenvalue weighted by Crippen LogP contribution is 2.22. The summed E-state index contributed by atoms with van der Waals surface area (Å²) in [6.07, 6.45) is 14.0. The lowest BCUT2D eigenvalue weighted by atomic mass is 9.91. The number of aliphatic carboxylic acids is 2. The third-order valence-electron chi connectivity index (χ3n) is 7.14. The number of hydrogen-bond donors (Lipinski definition) is 3. The number of hydrogen-bond acceptors (Lipinski definition) is 4. The standard InChI is InChI=1S/C28H50N2O5S/c1-20(2)9-6-10-21(3)11-7-12-22(4)13-8-14-23(5)16-18-36-19-24(26(31)32)29-28(35)30-17-15-25(30)27(33)34/h16,20-22,24-25H,6-15,17-19H2,1-5H3,(H,29,35)(H,31,32)(H,33,34)/b23-16+. The van der Waals surface area contributed by atoms with Crippen LogP contribution in [0.25, 0.3) is 0 Å². The van der Waals surface area contributed by atoms with Gasteiger partial charge in [0.1, 0.15) is 12.1 Å². The fraction of sp³-hybridized carbons (Fsp3) is 0.821. The molecule has 8 heteroatoms. The molecule has 1 aliphatic heterocycles. The van der Waals surface area contributed by atoms with E-state index in [1.165, 1.54) is 73.6 Å². The first-order valence-electron chi connectivity index (χ1n) is 13.8. The van der Waals surface area contributed by atoms with E-state index in [1.54, 1.807) is 0 Å². The monoisotopic (exact) mass is 526 g/mol. The molecule has 0 aliphatic carbocycles. The van der Waals surface area contributed by atoms with Gasteiger partial charge < -0.3 is 20.4 Å². The summed E-state index contributed by atoms with van der Waals surface area (Å²) < 4.78 is 0. The van der Waals surface area contributed by atoms with E-state index in [2.05, 4.69) is 46.0 Å². The summed E-state index contributed by atoms with van der Waals surface area (Å²) in [4.78, 5) is 36.0. The van der Waals surface area contributed by atoms with Gasteiger partial charge in [-0.15, -0.1) is 0 Å². The van der Waals surface area contributed by atoms with Crippen molar-refractivity contribution < 1.29 is 24.6 Å². The summed E-state index contributed by atoms with van der Waals surface area (Å²) >= 11 is 1.46. The lowest BCUT2D eigenvalue weighted by Crippen LogP contribution is -2.60. The maximum Gasteiger partial charge on any atom is 0.327 e. The van der Waals surface area contributed by atoms with Gasteiger partial charge in [0.25, 0.3) is 0 Å². The minimum Gasteiger partial charge on any atom is -0.480 e. The molecule has 1 rings (SSSR count). The number of rotatable bonds is 19. The first kappa shape index (κ1) is 32.3. The van der Waals surface area contributed by atoms with Crippen LogP contribution in [0.4, 0.5) is 4.79 Å². The number of allylic oxidation sites excluding steroid dienone is 1. The third kappa shape index (κ3) is 13.6. The molecule has 4 atom stereocenters. The largest absolute Gasteiger partial charge is 0.480 e. The second-order valence-electron chi connectivity index (χ2n) is 11.1. The quantitative estimate of drug-likeness (QED) is 0.132. The van der Waals surface area contributed by atoms with Crippen LogP contribution in [-0.4, -0.2) is 63.2 Å². The molecule has 1 heterocycles. The second-order valence-corrected chi connectivity index (χ2v) is 12.2. The van der Waals surface area contributed by atoms with Crippen LogP contribution in [0.15, 0.2) is 11.6 Å². The molecule has 3 N–H and O–H groups in total. The molecular weight excluding hydrogens is 476 g/mol. The van der Waals surface area contributed by atoms with Crippen LogP contribution < -0.4 is 5.32 Å². The van der Waals surface area contributed by atoms with E-state index in [9.17, 15) is 19.5 Å². The first-order chi connectivity index (χ1) is 17.0. The van der Waals surface area contributed by atoms with Crippen LogP contribution in [0.2, 0.25) is 0 Å². The van der Waals surface area contributed by atoms with Crippen molar-refractivity contribution in [2.45, 2.75) is 111 Å². The fourth-order valence-corrected chi connectivity index (χ4v) is 5.49. The summed E-state index contributed by atoms with van der Waals surface area (Å²) in [5.41, 5.74) is 1.31. The van der Waals surface area contributed by atoms with Gasteiger partial charge in [0.05, 0.1) is 0 Å². The van der Waals surface area contributed by atoms with Gasteiger partial charge in [0.15, 0.2) is 0 Å². The van der Waals surface area contributed by atoms with Gasteiger partial charge in [-0.2, -0.15) is 11.8 Å². The number of carbonyl (C=O) groups is 3. The maximum atomic E-state index is 12.2. The Morgan fingerprint density at radius 2 is 1.56 bits per heavy atom. The van der Waals surface area contributed by atoms with Crippen molar-refractivity contribution >= 4 is 29.7 Å². The van der Waals surface area contributed by atoms with Gasteiger partial charge in [0.2, 0.25) is 0 Å². The summed E-state index contributed by atoms with van der Waals surface area (Å²) in [7, 11) is 0. The van der Waals surface area contributed by atoms with Gasteiger partial charge >= 0.3 is 18.0 Å². The molecule has 208 valence electrons. The fourth-order valence-electron chi connectivity index (χ4n) is 4.49. The van der Waals surface area contributed by atoms with E-state index < -0.39 is 30.1 Å². The number of urea groups is 1. The Morgan fingerprint density at radius 3 is 2.06 bits per heavy atom. The molecule has 4 unspecified atom stereocenters. The molecule has 0 spiro atoms. The predicted octanol–water partition coefficient (Wildman–Crippen LogP) is 6.43. The van der Waals surface area contributed by atoms with E-state index >= 15 is 0 Å². The highest BCUT2D eigenvalue weighted by atomic mass is 32.2. The molecule has 0 radical (unpaired) electrons. The zero-order valence-electron chi connectivity index (χ0n) is 23.1. The molecule has 2 amide bonds. The zero-order chi connectivity index (χ0) is 27.1. The molecule has 36 heavy (non-hydrogen) atoms. The van der Waals surface area contributed by atoms with Gasteiger partial charge in [-0.3, -0.25) is 0 Å². The van der Waals surface area contributed by atoms with E-state index in [0.717, 1.165) is 24.2 Å². The highest BCUT2D eigenvalue weighted by molar-refractivity contribution is 7.99. The average molecular weight is 527 g/mol. The molecule has 0 saturated carbocycles. The normalized spacial score (nSPS) is 18.4. The Hall–Kier alpha value is -1.70. The Kier molecular flexibility index (Phi) is 15.9. The van der Waals surface area contributed by atoms with Crippen LogP contribution in [0.5, 0.6) is 0 Å². The Balaban J connectivity index is 2.19. The summed E-state index contributed by atoms with van der Waals surface area (Å²) in [5.74, 6) is 1.17. The first-order valence-corrected chi connectivity index (χ1v) is 14.9. The summed E-state index contributed by atoms with van der Waals surface area (Å²) in [5, 5.41) is 20.9. The van der Waals surface area contributed by atoms with Crippen molar-refractivity contribution in [2.75, 3.05) is 18.1 Å². The van der Waals surface area contributed by atoms with Crippen molar-refractivity contribution in [3.8, 4) is 0 Å². The predicted molar refractivity (Wildman–Crippen MR) is 149 cm³/mol. The molecular formula is C28H50N2O5S. The number of likely N-dealkylation sites (tertiary alicyclic amines) is 1. The number of carboxylic acid groups (broad SMARTS) is 2. The summed E-state index contributed by atoms with van der Waals surface area (Å²) in [6, 6.07) is -2.52. The highest BCUT2D eigenvalue weighted by Gasteiger charge is 2.38. The van der Waals surface area contributed by atoms with Crippen LogP contribution in [0, 0.1) is 17.8 Å². The molecule has 0 bridgehead atoms. The Bertz CT molecular complexity index is 712. The van der Waals surface area contributed by atoms with Gasteiger partial charge in [-0.1, -0.05) is 84.3 Å². The van der Waals surface area contributed by atoms with Crippen LogP contribution in [-0.2, 0) is 9.59 Å². The van der Waals surface area contributed by atoms with Crippen LogP contribution >= 0.6 is 11.8 Å². The number of amides is 2. The van der Waals surface area contributed by atoms with Gasteiger partial charge in [-0.25, -0.2) is 14.4 Å². The van der Waals surface area contributed by atoms with Crippen molar-refractivity contribution in [1.82, 2.24) is 10.2 Å². The second kappa shape index (κ2) is 17.7. The number of thioether (sulfide) groups is 1. The molecule has 7 nitrogen and oxygen atoms in total. The van der Waals surface area contributed by atoms with E-state index in [-0.39, 0.29) is 5.75 Å². The molecule has 1 aliphatic rings. The van der Waals surface area contributed by atoms with Crippen molar-refractivity contribution in [3.05, 3.63) is 11.6 Å². The lowest BCUT2D eigenvalue weighted by molar-refractivity contribution is -0.145. The lowest BCUT2D eigenvalue weighted by Gasteiger charge is -2.38. The summed E-state index contributed by atoms with van der Waals surface area (Å²) in [6.45, 7) is 11.8. The minimum atomic E-state index is -1.11. The van der Waals surface area contributed by atoms with Crippen molar-refractivity contribution in [2.24, 2.45) is 17.8 Å². The van der Waals surface area contributed by atoms with E-state index in [0.29, 0.717) is 18.7 Å². The van der Waals surface area contributed by atoms with Crippen molar-refractivity contribution in [1.29, 1.82) is 0 Å². The number of carbonyl (C=O) groups excluding carboxylic acids is 1. The Labute approximate surface area is 222 Å². The molecule has 0 aromatic heterocycles. The van der Waals surface area contributed by atoms with Gasteiger partial charge in [-0.05, 0) is 43.9 Å². The topological polar surface area (TPSA) is 107 Å². The van der Waals surface area contributed by atoms with Crippen LogP contribution in [0.3, 0.4) is 0 Å². The average Bonchev–Trinajstić information content (AvgIpc) is 2.74. The Morgan fingerprint density at radius 1 is 0.972 bits per heavy atom. The molecule has 0 aromatic rings. The number of nitrogens with one attached hydrogen (secondary N) is 1. The van der Waals surface area contributed by atoms with Crippen LogP contribution in [0.1, 0.15) is 98.8 Å². The molecule has 1 fully saturated rings. The number of nitrogens with zero attached hydrogens (tertiary/aromatic N) is 1. The maximum absolute atomic E-state index is 12.2. The zero-order valence-corrected chi connectivity index (χ0v) is 23.9. The molecule has 1 saturated heterocycles. The molecule has 0 aromatic carbocycles. The third-order valence-corrected chi connectivity index (χ3v) is 8.11. The smallest absolute Gasteiger partial charge is 0.327 e. The van der Waals surface area contributed by atoms with E-state index in [4.69, 9.17) is 5.11 Å². The van der Waals surface area contributed by atoms with E-state index in [1.807, 2.05) is 0 Å². The van der Waals surface area contributed by atoms with Crippen molar-refractivity contribution in [3.63, 3.8) is 0 Å². The SMILES string of the molecule is C/C(=C\CSCC(NC(=O)N1CCC1C(=O)O)C(=O)O)CCCC(C)CCCC(C)CCCC(C)C.